The molecule has 0 saturated carbocycles. The van der Waals surface area contributed by atoms with Gasteiger partial charge in [-0.05, 0) is 70.6 Å². The van der Waals surface area contributed by atoms with Gasteiger partial charge >= 0.3 is 17.9 Å². The normalized spacial score (nSPS) is 12.2. The number of unbranched alkanes of at least 4 members (excludes halogenated alkanes) is 39. The minimum absolute atomic E-state index is 0.0739. The van der Waals surface area contributed by atoms with E-state index in [2.05, 4.69) is 57.2 Å². The molecule has 0 aromatic rings. The van der Waals surface area contributed by atoms with E-state index >= 15 is 0 Å². The van der Waals surface area contributed by atoms with E-state index in [1.165, 1.54) is 205 Å². The quantitative estimate of drug-likeness (QED) is 0.0261. The zero-order valence-corrected chi connectivity index (χ0v) is 46.3. The molecule has 0 aliphatic rings. The lowest BCUT2D eigenvalue weighted by molar-refractivity contribution is -0.167. The van der Waals surface area contributed by atoms with Crippen molar-refractivity contribution in [2.75, 3.05) is 13.2 Å². The van der Waals surface area contributed by atoms with Crippen molar-refractivity contribution >= 4 is 17.9 Å². The lowest BCUT2D eigenvalue weighted by Crippen LogP contribution is -2.30. The van der Waals surface area contributed by atoms with Crippen molar-refractivity contribution in [1.29, 1.82) is 0 Å². The Morgan fingerprint density at radius 2 is 0.536 bits per heavy atom. The first-order valence-corrected chi connectivity index (χ1v) is 30.5. The molecule has 0 saturated heterocycles. The van der Waals surface area contributed by atoms with E-state index in [9.17, 15) is 14.4 Å². The monoisotopic (exact) mass is 969 g/mol. The van der Waals surface area contributed by atoms with Crippen molar-refractivity contribution in [3.63, 3.8) is 0 Å². The molecule has 404 valence electrons. The fourth-order valence-electron chi connectivity index (χ4n) is 8.99. The number of rotatable bonds is 56. The van der Waals surface area contributed by atoms with E-state index in [4.69, 9.17) is 14.2 Å². The first-order chi connectivity index (χ1) is 34.0. The molecule has 0 N–H and O–H groups in total. The average molecular weight is 970 g/mol. The molecule has 6 heteroatoms. The van der Waals surface area contributed by atoms with E-state index in [0.29, 0.717) is 19.3 Å². The van der Waals surface area contributed by atoms with Crippen molar-refractivity contribution in [2.45, 2.75) is 335 Å². The van der Waals surface area contributed by atoms with Gasteiger partial charge in [0.1, 0.15) is 13.2 Å². The highest BCUT2D eigenvalue weighted by Crippen LogP contribution is 2.17. The summed E-state index contributed by atoms with van der Waals surface area (Å²) in [7, 11) is 0. The Balaban J connectivity index is 4.21. The van der Waals surface area contributed by atoms with Crippen LogP contribution in [0.15, 0.2) is 36.5 Å². The largest absolute Gasteiger partial charge is 0.462 e. The SMILES string of the molecule is CCCC/C=C\C/C=C\CCCCCCCC(=O)OC(COC(=O)CCCCCCCCCCCCCC)COC(=O)CCCCCCCCCCCCCCC/C=C\CCCCCCCCCC. The molecule has 0 aromatic carbocycles. The summed E-state index contributed by atoms with van der Waals surface area (Å²) < 4.78 is 16.9. The molecule has 1 unspecified atom stereocenters. The number of ether oxygens (including phenoxy) is 3. The molecule has 1 atom stereocenters. The highest BCUT2D eigenvalue weighted by atomic mass is 16.6. The number of allylic oxidation sites excluding steroid dienone is 6. The van der Waals surface area contributed by atoms with Crippen LogP contribution >= 0.6 is 0 Å². The number of carbonyl (C=O) groups is 3. The van der Waals surface area contributed by atoms with Gasteiger partial charge in [0.2, 0.25) is 0 Å². The second-order valence-electron chi connectivity index (χ2n) is 20.6. The third kappa shape index (κ3) is 56.4. The van der Waals surface area contributed by atoms with Crippen LogP contribution in [0.5, 0.6) is 0 Å². The first kappa shape index (κ1) is 66.6. The summed E-state index contributed by atoms with van der Waals surface area (Å²) in [6.45, 7) is 6.63. The van der Waals surface area contributed by atoms with Crippen LogP contribution in [0.25, 0.3) is 0 Å². The van der Waals surface area contributed by atoms with Gasteiger partial charge in [-0.15, -0.1) is 0 Å². The Morgan fingerprint density at radius 3 is 0.855 bits per heavy atom. The number of carbonyl (C=O) groups excluding carboxylic acids is 3. The molecule has 0 aliphatic heterocycles. The lowest BCUT2D eigenvalue weighted by Gasteiger charge is -2.18. The molecule has 0 rings (SSSR count). The Morgan fingerprint density at radius 1 is 0.290 bits per heavy atom. The average Bonchev–Trinajstić information content (AvgIpc) is 3.35. The van der Waals surface area contributed by atoms with Crippen LogP contribution in [-0.2, 0) is 28.6 Å². The molecule has 0 heterocycles. The molecule has 0 spiro atoms. The molecule has 0 bridgehead atoms. The maximum atomic E-state index is 12.8. The molecule has 6 nitrogen and oxygen atoms in total. The van der Waals surface area contributed by atoms with E-state index in [1.807, 2.05) is 0 Å². The topological polar surface area (TPSA) is 78.9 Å². The van der Waals surface area contributed by atoms with Gasteiger partial charge in [-0.3, -0.25) is 14.4 Å². The maximum absolute atomic E-state index is 12.8. The molecule has 0 aromatic heterocycles. The van der Waals surface area contributed by atoms with E-state index in [-0.39, 0.29) is 31.1 Å². The third-order valence-electron chi connectivity index (χ3n) is 13.6. The third-order valence-corrected chi connectivity index (χ3v) is 13.6. The van der Waals surface area contributed by atoms with Gasteiger partial charge in [-0.1, -0.05) is 276 Å². The van der Waals surface area contributed by atoms with Crippen LogP contribution in [0.1, 0.15) is 329 Å². The Bertz CT molecular complexity index is 1160. The van der Waals surface area contributed by atoms with Gasteiger partial charge in [-0.25, -0.2) is 0 Å². The summed E-state index contributed by atoms with van der Waals surface area (Å²) in [6.07, 6.45) is 70.1. The maximum Gasteiger partial charge on any atom is 0.306 e. The van der Waals surface area contributed by atoms with Gasteiger partial charge in [0, 0.05) is 19.3 Å². The predicted molar refractivity (Wildman–Crippen MR) is 298 cm³/mol. The van der Waals surface area contributed by atoms with Crippen molar-refractivity contribution in [1.82, 2.24) is 0 Å². The van der Waals surface area contributed by atoms with Crippen LogP contribution in [0.2, 0.25) is 0 Å². The van der Waals surface area contributed by atoms with Crippen LogP contribution in [-0.4, -0.2) is 37.2 Å². The summed E-state index contributed by atoms with van der Waals surface area (Å²) in [5.41, 5.74) is 0. The molecule has 0 amide bonds. The smallest absolute Gasteiger partial charge is 0.306 e. The van der Waals surface area contributed by atoms with Crippen molar-refractivity contribution in [3.8, 4) is 0 Å². The highest BCUT2D eigenvalue weighted by Gasteiger charge is 2.19. The zero-order valence-electron chi connectivity index (χ0n) is 46.3. The second kappa shape index (κ2) is 58.2. The Kier molecular flexibility index (Phi) is 56.2. The zero-order chi connectivity index (χ0) is 50.0. The van der Waals surface area contributed by atoms with Crippen LogP contribution in [0, 0.1) is 0 Å². The number of esters is 3. The van der Waals surface area contributed by atoms with Gasteiger partial charge in [0.05, 0.1) is 0 Å². The van der Waals surface area contributed by atoms with Gasteiger partial charge in [0.25, 0.3) is 0 Å². The Labute approximate surface area is 429 Å². The molecular weight excluding hydrogens is 853 g/mol. The van der Waals surface area contributed by atoms with Crippen molar-refractivity contribution in [2.24, 2.45) is 0 Å². The molecule has 0 radical (unpaired) electrons. The minimum Gasteiger partial charge on any atom is -0.462 e. The second-order valence-corrected chi connectivity index (χ2v) is 20.6. The van der Waals surface area contributed by atoms with Crippen molar-refractivity contribution < 1.29 is 28.6 Å². The molecule has 69 heavy (non-hydrogen) atoms. The van der Waals surface area contributed by atoms with Crippen LogP contribution in [0.3, 0.4) is 0 Å². The number of hydrogen-bond acceptors (Lipinski definition) is 6. The first-order valence-electron chi connectivity index (χ1n) is 30.5. The summed E-state index contributed by atoms with van der Waals surface area (Å²) in [4.78, 5) is 38.1. The fraction of sp³-hybridized carbons (Fsp3) is 0.857. The molecule has 0 aliphatic carbocycles. The fourth-order valence-corrected chi connectivity index (χ4v) is 8.99. The summed E-state index contributed by atoms with van der Waals surface area (Å²) in [5, 5.41) is 0. The predicted octanol–water partition coefficient (Wildman–Crippen LogP) is 20.4. The van der Waals surface area contributed by atoms with Crippen LogP contribution in [0.4, 0.5) is 0 Å². The minimum atomic E-state index is -0.776. The van der Waals surface area contributed by atoms with Gasteiger partial charge in [0.15, 0.2) is 6.10 Å². The van der Waals surface area contributed by atoms with Crippen molar-refractivity contribution in [3.05, 3.63) is 36.5 Å². The standard InChI is InChI=1S/C63H116O6/c1-4-7-10-13-16-19-22-25-27-28-29-30-31-32-33-34-35-36-37-39-41-44-47-50-53-56-62(65)68-59-60(58-67-61(64)55-52-49-46-43-40-24-21-18-15-12-9-6-3)69-63(66)57-54-51-48-45-42-38-26-23-20-17-14-11-8-5-2/h14,17,23,26,28-29,60H,4-13,15-16,18-22,24-25,27,30-59H2,1-3H3/b17-14-,26-23-,29-28-. The summed E-state index contributed by atoms with van der Waals surface area (Å²) in [5.74, 6) is -0.870. The van der Waals surface area contributed by atoms with Gasteiger partial charge < -0.3 is 14.2 Å². The van der Waals surface area contributed by atoms with Gasteiger partial charge in [-0.2, -0.15) is 0 Å². The lowest BCUT2D eigenvalue weighted by atomic mass is 10.0. The molecule has 0 fully saturated rings. The van der Waals surface area contributed by atoms with E-state index < -0.39 is 6.10 Å². The molecular formula is C63H116O6. The van der Waals surface area contributed by atoms with E-state index in [0.717, 1.165) is 83.5 Å². The highest BCUT2D eigenvalue weighted by molar-refractivity contribution is 5.71. The van der Waals surface area contributed by atoms with E-state index in [1.54, 1.807) is 0 Å². The summed E-state index contributed by atoms with van der Waals surface area (Å²) in [6, 6.07) is 0. The van der Waals surface area contributed by atoms with Crippen LogP contribution < -0.4 is 0 Å². The number of hydrogen-bond donors (Lipinski definition) is 0. The Hall–Kier alpha value is -2.37. The summed E-state index contributed by atoms with van der Waals surface area (Å²) >= 11 is 0.